The molecule has 2 aromatic rings. The van der Waals surface area contributed by atoms with E-state index < -0.39 is 5.41 Å². The van der Waals surface area contributed by atoms with Crippen LogP contribution in [0.15, 0.2) is 42.5 Å². The van der Waals surface area contributed by atoms with Crippen LogP contribution in [0.2, 0.25) is 5.02 Å². The summed E-state index contributed by atoms with van der Waals surface area (Å²) in [5.74, 6) is 0.0732. The van der Waals surface area contributed by atoms with Crippen LogP contribution in [-0.2, 0) is 14.9 Å². The lowest BCUT2D eigenvalue weighted by molar-refractivity contribution is -0.121. The van der Waals surface area contributed by atoms with Crippen molar-refractivity contribution in [3.05, 3.63) is 58.6 Å². The van der Waals surface area contributed by atoms with Crippen molar-refractivity contribution in [3.8, 4) is 0 Å². The summed E-state index contributed by atoms with van der Waals surface area (Å²) in [6.07, 6.45) is 3.94. The van der Waals surface area contributed by atoms with Crippen LogP contribution in [0.4, 0.5) is 11.4 Å². The zero-order valence-corrected chi connectivity index (χ0v) is 17.1. The highest BCUT2D eigenvalue weighted by molar-refractivity contribution is 6.33. The van der Waals surface area contributed by atoms with Gasteiger partial charge in [0.1, 0.15) is 0 Å². The predicted molar refractivity (Wildman–Crippen MR) is 114 cm³/mol. The Morgan fingerprint density at radius 2 is 1.75 bits per heavy atom. The third-order valence-electron chi connectivity index (χ3n) is 6.05. The van der Waals surface area contributed by atoms with Gasteiger partial charge in [0.05, 0.1) is 29.3 Å². The Morgan fingerprint density at radius 3 is 2.39 bits per heavy atom. The topological polar surface area (TPSA) is 41.6 Å². The van der Waals surface area contributed by atoms with Crippen molar-refractivity contribution in [3.63, 3.8) is 0 Å². The summed E-state index contributed by atoms with van der Waals surface area (Å²) in [6.45, 7) is 5.18. The number of hydrogen-bond acceptors (Lipinski definition) is 3. The van der Waals surface area contributed by atoms with E-state index in [1.54, 1.807) is 0 Å². The van der Waals surface area contributed by atoms with Gasteiger partial charge in [-0.3, -0.25) is 4.79 Å². The number of anilines is 2. The molecule has 1 amide bonds. The number of carbonyl (C=O) groups excluding carboxylic acids is 1. The van der Waals surface area contributed by atoms with E-state index in [2.05, 4.69) is 41.4 Å². The van der Waals surface area contributed by atoms with Gasteiger partial charge in [0.15, 0.2) is 0 Å². The molecule has 2 fully saturated rings. The molecule has 1 heterocycles. The Morgan fingerprint density at radius 1 is 1.07 bits per heavy atom. The Hall–Kier alpha value is -2.04. The molecule has 0 radical (unpaired) electrons. The van der Waals surface area contributed by atoms with Crippen LogP contribution in [0, 0.1) is 6.92 Å². The number of carbonyl (C=O) groups is 1. The Labute approximate surface area is 171 Å². The second-order valence-electron chi connectivity index (χ2n) is 7.87. The van der Waals surface area contributed by atoms with E-state index in [1.165, 1.54) is 5.56 Å². The fraction of sp³-hybridized carbons (Fsp3) is 0.435. The molecule has 4 rings (SSSR count). The summed E-state index contributed by atoms with van der Waals surface area (Å²) in [6, 6.07) is 14.2. The normalized spacial score (nSPS) is 18.9. The van der Waals surface area contributed by atoms with E-state index >= 15 is 0 Å². The summed E-state index contributed by atoms with van der Waals surface area (Å²) in [4.78, 5) is 15.6. The first-order chi connectivity index (χ1) is 13.6. The summed E-state index contributed by atoms with van der Waals surface area (Å²) < 4.78 is 5.41. The van der Waals surface area contributed by atoms with Gasteiger partial charge in [-0.15, -0.1) is 0 Å². The van der Waals surface area contributed by atoms with E-state index in [9.17, 15) is 4.79 Å². The molecule has 2 aliphatic rings. The highest BCUT2D eigenvalue weighted by Gasteiger charge is 2.42. The van der Waals surface area contributed by atoms with Gasteiger partial charge >= 0.3 is 0 Å². The van der Waals surface area contributed by atoms with Crippen molar-refractivity contribution in [1.82, 2.24) is 0 Å². The second kappa shape index (κ2) is 8.14. The van der Waals surface area contributed by atoms with E-state index in [4.69, 9.17) is 16.3 Å². The lowest BCUT2D eigenvalue weighted by atomic mass is 9.77. The molecule has 0 unspecified atom stereocenters. The molecule has 0 bridgehead atoms. The Kier molecular flexibility index (Phi) is 5.61. The molecule has 0 atom stereocenters. The van der Waals surface area contributed by atoms with E-state index in [1.807, 2.05) is 18.2 Å². The molecule has 1 aliphatic heterocycles. The minimum absolute atomic E-state index is 0.0732. The van der Waals surface area contributed by atoms with Crippen molar-refractivity contribution < 1.29 is 9.53 Å². The van der Waals surface area contributed by atoms with Crippen LogP contribution >= 0.6 is 11.6 Å². The molecule has 5 heteroatoms. The lowest BCUT2D eigenvalue weighted by Crippen LogP contribution is -2.38. The third-order valence-corrected chi connectivity index (χ3v) is 6.36. The average molecular weight is 399 g/mol. The van der Waals surface area contributed by atoms with Gasteiger partial charge in [0.2, 0.25) is 5.91 Å². The molecule has 28 heavy (non-hydrogen) atoms. The monoisotopic (exact) mass is 398 g/mol. The van der Waals surface area contributed by atoms with Gasteiger partial charge in [-0.1, -0.05) is 54.3 Å². The number of nitrogens with one attached hydrogen (secondary N) is 1. The van der Waals surface area contributed by atoms with E-state index in [0.717, 1.165) is 55.7 Å². The van der Waals surface area contributed by atoms with Crippen molar-refractivity contribution in [2.24, 2.45) is 0 Å². The summed E-state index contributed by atoms with van der Waals surface area (Å²) in [7, 11) is 0. The Bertz CT molecular complexity index is 838. The van der Waals surface area contributed by atoms with Crippen LogP contribution < -0.4 is 10.2 Å². The first kappa shape index (κ1) is 19.3. The number of halogens is 1. The smallest absolute Gasteiger partial charge is 0.235 e. The van der Waals surface area contributed by atoms with Gasteiger partial charge in [-0.05, 0) is 43.5 Å². The number of rotatable bonds is 4. The van der Waals surface area contributed by atoms with Gasteiger partial charge in [-0.25, -0.2) is 0 Å². The lowest BCUT2D eigenvalue weighted by Gasteiger charge is -2.30. The Balaban J connectivity index is 1.54. The maximum Gasteiger partial charge on any atom is 0.235 e. The molecule has 4 nitrogen and oxygen atoms in total. The fourth-order valence-electron chi connectivity index (χ4n) is 4.39. The van der Waals surface area contributed by atoms with Crippen molar-refractivity contribution in [2.45, 2.75) is 38.0 Å². The standard InChI is InChI=1S/C23H27ClN2O2/c1-17-4-6-18(7-5-17)23(10-2-3-11-23)22(27)25-19-8-9-21(20(24)16-19)26-12-14-28-15-13-26/h4-9,16H,2-3,10-15H2,1H3,(H,25,27). The predicted octanol–water partition coefficient (Wildman–Crippen LogP) is 4.94. The molecule has 1 saturated heterocycles. The van der Waals surface area contributed by atoms with Crippen LogP contribution in [0.25, 0.3) is 0 Å². The maximum absolute atomic E-state index is 13.3. The first-order valence-electron chi connectivity index (χ1n) is 10.1. The molecular weight excluding hydrogens is 372 g/mol. The van der Waals surface area contributed by atoms with Gasteiger partial charge in [0.25, 0.3) is 0 Å². The third kappa shape index (κ3) is 3.76. The zero-order valence-electron chi connectivity index (χ0n) is 16.3. The summed E-state index contributed by atoms with van der Waals surface area (Å²) >= 11 is 6.54. The molecule has 0 spiro atoms. The van der Waals surface area contributed by atoms with Gasteiger partial charge < -0.3 is 15.0 Å². The number of amides is 1. The SMILES string of the molecule is Cc1ccc(C2(C(=O)Nc3ccc(N4CCOCC4)c(Cl)c3)CCCC2)cc1. The van der Waals surface area contributed by atoms with E-state index in [0.29, 0.717) is 18.2 Å². The number of morpholine rings is 1. The quantitative estimate of drug-likeness (QED) is 0.793. The molecule has 1 aliphatic carbocycles. The van der Waals surface area contributed by atoms with Gasteiger partial charge in [0, 0.05) is 18.8 Å². The largest absolute Gasteiger partial charge is 0.378 e. The van der Waals surface area contributed by atoms with Crippen molar-refractivity contribution in [1.29, 1.82) is 0 Å². The molecule has 1 saturated carbocycles. The summed E-state index contributed by atoms with van der Waals surface area (Å²) in [5.41, 5.74) is 3.64. The van der Waals surface area contributed by atoms with Crippen molar-refractivity contribution in [2.75, 3.05) is 36.5 Å². The number of ether oxygens (including phenoxy) is 1. The first-order valence-corrected chi connectivity index (χ1v) is 10.5. The molecule has 148 valence electrons. The minimum atomic E-state index is -0.441. The van der Waals surface area contributed by atoms with Crippen LogP contribution in [-0.4, -0.2) is 32.2 Å². The average Bonchev–Trinajstić information content (AvgIpc) is 3.20. The minimum Gasteiger partial charge on any atom is -0.378 e. The maximum atomic E-state index is 13.3. The molecule has 0 aromatic heterocycles. The van der Waals surface area contributed by atoms with Crippen LogP contribution in [0.5, 0.6) is 0 Å². The molecular formula is C23H27ClN2O2. The zero-order chi connectivity index (χ0) is 19.6. The van der Waals surface area contributed by atoms with E-state index in [-0.39, 0.29) is 5.91 Å². The van der Waals surface area contributed by atoms with Gasteiger partial charge in [-0.2, -0.15) is 0 Å². The number of benzene rings is 2. The van der Waals surface area contributed by atoms with Crippen LogP contribution in [0.1, 0.15) is 36.8 Å². The molecule has 2 aromatic carbocycles. The highest BCUT2D eigenvalue weighted by atomic mass is 35.5. The second-order valence-corrected chi connectivity index (χ2v) is 8.28. The highest BCUT2D eigenvalue weighted by Crippen LogP contribution is 2.42. The van der Waals surface area contributed by atoms with Crippen LogP contribution in [0.3, 0.4) is 0 Å². The number of hydrogen-bond donors (Lipinski definition) is 1. The number of nitrogens with zero attached hydrogens (tertiary/aromatic N) is 1. The van der Waals surface area contributed by atoms with Crippen molar-refractivity contribution >= 4 is 28.9 Å². The fourth-order valence-corrected chi connectivity index (χ4v) is 4.69. The molecule has 1 N–H and O–H groups in total. The summed E-state index contributed by atoms with van der Waals surface area (Å²) in [5, 5.41) is 3.80. The number of aryl methyl sites for hydroxylation is 1.